The monoisotopic (exact) mass is 206 g/mol. The Morgan fingerprint density at radius 1 is 1.27 bits per heavy atom. The van der Waals surface area contributed by atoms with Crippen molar-refractivity contribution in [2.45, 2.75) is 0 Å². The van der Waals surface area contributed by atoms with Crippen molar-refractivity contribution in [2.24, 2.45) is 0 Å². The highest BCUT2D eigenvalue weighted by Crippen LogP contribution is 2.17. The number of rotatable bonds is 2. The molecule has 1 aromatic carbocycles. The molecule has 1 aromatic heterocycles. The van der Waals surface area contributed by atoms with Crippen molar-refractivity contribution in [3.63, 3.8) is 0 Å². The van der Waals surface area contributed by atoms with Crippen LogP contribution in [0.15, 0.2) is 23.0 Å². The molecule has 0 unspecified atom stereocenters. The van der Waals surface area contributed by atoms with Crippen LogP contribution in [0.25, 0.3) is 10.9 Å². The quantitative estimate of drug-likeness (QED) is 0.794. The van der Waals surface area contributed by atoms with E-state index >= 15 is 0 Å². The Kier molecular flexibility index (Phi) is 2.29. The second-order valence-corrected chi connectivity index (χ2v) is 2.96. The molecule has 5 heteroatoms. The molecule has 0 aliphatic heterocycles. The molecule has 1 heterocycles. The molecule has 1 N–H and O–H groups in total. The second kappa shape index (κ2) is 3.61. The van der Waals surface area contributed by atoms with Gasteiger partial charge >= 0.3 is 0 Å². The molecule has 0 saturated heterocycles. The molecule has 0 spiro atoms. The Labute approximate surface area is 85.7 Å². The van der Waals surface area contributed by atoms with Crippen LogP contribution in [0.5, 0.6) is 11.8 Å². The van der Waals surface area contributed by atoms with Gasteiger partial charge in [-0.2, -0.15) is 4.98 Å². The number of aromatic amines is 1. The minimum atomic E-state index is -0.240. The Morgan fingerprint density at radius 2 is 2.07 bits per heavy atom. The fraction of sp³-hybridized carbons (Fsp3) is 0.200. The first-order valence-corrected chi connectivity index (χ1v) is 4.36. The number of nitrogens with zero attached hydrogens (tertiary/aromatic N) is 1. The van der Waals surface area contributed by atoms with Crippen LogP contribution < -0.4 is 15.0 Å². The number of benzene rings is 1. The van der Waals surface area contributed by atoms with Crippen LogP contribution in [0.2, 0.25) is 0 Å². The number of H-pyrrole nitrogens is 1. The number of hydrogen-bond donors (Lipinski definition) is 1. The minimum Gasteiger partial charge on any atom is -0.497 e. The van der Waals surface area contributed by atoms with Crippen molar-refractivity contribution in [3.8, 4) is 11.8 Å². The molecule has 5 nitrogen and oxygen atoms in total. The summed E-state index contributed by atoms with van der Waals surface area (Å²) in [5, 5.41) is 0.482. The summed E-state index contributed by atoms with van der Waals surface area (Å²) >= 11 is 0. The van der Waals surface area contributed by atoms with Gasteiger partial charge in [0.2, 0.25) is 0 Å². The highest BCUT2D eigenvalue weighted by Gasteiger charge is 2.04. The normalized spacial score (nSPS) is 10.3. The van der Waals surface area contributed by atoms with Gasteiger partial charge < -0.3 is 9.47 Å². The van der Waals surface area contributed by atoms with Crippen LogP contribution in [-0.4, -0.2) is 24.2 Å². The van der Waals surface area contributed by atoms with E-state index in [0.717, 1.165) is 0 Å². The molecule has 2 aromatic rings. The summed E-state index contributed by atoms with van der Waals surface area (Å²) in [6.07, 6.45) is 0. The van der Waals surface area contributed by atoms with E-state index in [4.69, 9.17) is 9.47 Å². The Hall–Kier alpha value is -2.04. The summed E-state index contributed by atoms with van der Waals surface area (Å²) in [4.78, 5) is 18.2. The predicted octanol–water partition coefficient (Wildman–Crippen LogP) is 0.940. The summed E-state index contributed by atoms with van der Waals surface area (Å²) in [5.74, 6) is 0.625. The van der Waals surface area contributed by atoms with Crippen LogP contribution in [0.3, 0.4) is 0 Å². The van der Waals surface area contributed by atoms with Gasteiger partial charge in [-0.3, -0.25) is 9.78 Å². The number of aromatic nitrogens is 2. The van der Waals surface area contributed by atoms with Gasteiger partial charge in [0.25, 0.3) is 11.6 Å². The zero-order valence-corrected chi connectivity index (χ0v) is 8.40. The first kappa shape index (κ1) is 9.51. The third-order valence-corrected chi connectivity index (χ3v) is 2.08. The molecule has 0 aliphatic rings. The number of nitrogens with one attached hydrogen (secondary N) is 1. The fourth-order valence-corrected chi connectivity index (χ4v) is 1.32. The molecule has 0 fully saturated rings. The summed E-state index contributed by atoms with van der Waals surface area (Å²) in [6, 6.07) is 5.30. The molecule has 0 saturated carbocycles. The van der Waals surface area contributed by atoms with Crippen LogP contribution in [0.4, 0.5) is 0 Å². The maximum Gasteiger partial charge on any atom is 0.296 e. The van der Waals surface area contributed by atoms with Gasteiger partial charge in [-0.05, 0) is 18.2 Å². The summed E-state index contributed by atoms with van der Waals surface area (Å²) in [5.41, 5.74) is 0.340. The van der Waals surface area contributed by atoms with Crippen molar-refractivity contribution < 1.29 is 9.47 Å². The van der Waals surface area contributed by atoms with Gasteiger partial charge in [0.1, 0.15) is 5.75 Å². The smallest absolute Gasteiger partial charge is 0.296 e. The molecular weight excluding hydrogens is 196 g/mol. The highest BCUT2D eigenvalue weighted by atomic mass is 16.5. The summed E-state index contributed by atoms with van der Waals surface area (Å²) < 4.78 is 9.88. The molecule has 0 radical (unpaired) electrons. The standard InChI is InChI=1S/C10H10N2O3/c1-14-6-3-4-8-7(5-6)9(13)12-10(11-8)15-2/h3-5H,1-2H3,(H,11,12,13). The molecule has 2 rings (SSSR count). The van der Waals surface area contributed by atoms with E-state index in [1.165, 1.54) is 7.11 Å². The predicted molar refractivity (Wildman–Crippen MR) is 55.5 cm³/mol. The number of ether oxygens (including phenoxy) is 2. The minimum absolute atomic E-state index is 0.206. The van der Waals surface area contributed by atoms with Crippen LogP contribution in [0, 0.1) is 0 Å². The number of hydrogen-bond acceptors (Lipinski definition) is 4. The van der Waals surface area contributed by atoms with Crippen molar-refractivity contribution in [3.05, 3.63) is 28.6 Å². The van der Waals surface area contributed by atoms with Crippen molar-refractivity contribution >= 4 is 10.9 Å². The molecule has 15 heavy (non-hydrogen) atoms. The lowest BCUT2D eigenvalue weighted by Crippen LogP contribution is -2.09. The SMILES string of the molecule is COc1ccc2nc(OC)[nH]c(=O)c2c1. The molecule has 78 valence electrons. The molecule has 0 amide bonds. The highest BCUT2D eigenvalue weighted by molar-refractivity contribution is 5.79. The van der Waals surface area contributed by atoms with Crippen LogP contribution in [-0.2, 0) is 0 Å². The first-order valence-electron chi connectivity index (χ1n) is 4.36. The lowest BCUT2D eigenvalue weighted by molar-refractivity contribution is 0.380. The second-order valence-electron chi connectivity index (χ2n) is 2.96. The zero-order valence-electron chi connectivity index (χ0n) is 8.40. The summed E-state index contributed by atoms with van der Waals surface area (Å²) in [6.45, 7) is 0. The van der Waals surface area contributed by atoms with Gasteiger partial charge in [-0.1, -0.05) is 0 Å². The third kappa shape index (κ3) is 1.63. The van der Waals surface area contributed by atoms with Gasteiger partial charge in [-0.25, -0.2) is 0 Å². The topological polar surface area (TPSA) is 64.2 Å². The van der Waals surface area contributed by atoms with Gasteiger partial charge in [0.15, 0.2) is 0 Å². The van der Waals surface area contributed by atoms with Gasteiger partial charge in [0, 0.05) is 0 Å². The van der Waals surface area contributed by atoms with E-state index in [9.17, 15) is 4.79 Å². The zero-order chi connectivity index (χ0) is 10.8. The van der Waals surface area contributed by atoms with Gasteiger partial charge in [-0.15, -0.1) is 0 Å². The van der Waals surface area contributed by atoms with Gasteiger partial charge in [0.05, 0.1) is 25.1 Å². The largest absolute Gasteiger partial charge is 0.497 e. The van der Waals surface area contributed by atoms with E-state index in [2.05, 4.69) is 9.97 Å². The van der Waals surface area contributed by atoms with Crippen molar-refractivity contribution in [1.82, 2.24) is 9.97 Å². The molecular formula is C10H10N2O3. The third-order valence-electron chi connectivity index (χ3n) is 2.08. The average Bonchev–Trinajstić information content (AvgIpc) is 2.28. The van der Waals surface area contributed by atoms with Crippen molar-refractivity contribution in [1.29, 1.82) is 0 Å². The van der Waals surface area contributed by atoms with Crippen LogP contribution in [0.1, 0.15) is 0 Å². The Morgan fingerprint density at radius 3 is 2.73 bits per heavy atom. The number of methoxy groups -OCH3 is 2. The molecule has 0 atom stereocenters. The van der Waals surface area contributed by atoms with Crippen LogP contribution >= 0.6 is 0 Å². The summed E-state index contributed by atoms with van der Waals surface area (Å²) in [7, 11) is 3.00. The maximum atomic E-state index is 11.6. The fourth-order valence-electron chi connectivity index (χ4n) is 1.32. The molecule has 0 bridgehead atoms. The Balaban J connectivity index is 2.74. The van der Waals surface area contributed by atoms with E-state index < -0.39 is 0 Å². The maximum absolute atomic E-state index is 11.6. The first-order chi connectivity index (χ1) is 7.24. The van der Waals surface area contributed by atoms with E-state index in [-0.39, 0.29) is 11.6 Å². The Bertz CT molecular complexity index is 548. The lowest BCUT2D eigenvalue weighted by atomic mass is 10.2. The molecule has 0 aliphatic carbocycles. The van der Waals surface area contributed by atoms with E-state index in [1.807, 2.05) is 0 Å². The van der Waals surface area contributed by atoms with E-state index in [0.29, 0.717) is 16.7 Å². The van der Waals surface area contributed by atoms with Crippen molar-refractivity contribution in [2.75, 3.05) is 14.2 Å². The number of fused-ring (bicyclic) bond motifs is 1. The average molecular weight is 206 g/mol. The van der Waals surface area contributed by atoms with E-state index in [1.54, 1.807) is 25.3 Å². The lowest BCUT2D eigenvalue weighted by Gasteiger charge is -2.03.